The average molecular weight is 489 g/mol. The molecule has 194 valence electrons. The molecule has 0 aromatic heterocycles. The highest BCUT2D eigenvalue weighted by Crippen LogP contribution is 2.45. The number of allylic oxidation sites excluding steroid dienone is 1. The molecule has 1 saturated carbocycles. The van der Waals surface area contributed by atoms with E-state index in [0.717, 1.165) is 43.7 Å². The van der Waals surface area contributed by atoms with E-state index in [9.17, 15) is 14.0 Å². The van der Waals surface area contributed by atoms with E-state index in [-0.39, 0.29) is 11.7 Å². The highest BCUT2D eigenvalue weighted by Gasteiger charge is 2.42. The van der Waals surface area contributed by atoms with Crippen molar-refractivity contribution in [3.05, 3.63) is 47.9 Å². The first kappa shape index (κ1) is 27.0. The van der Waals surface area contributed by atoms with Crippen LogP contribution in [0.5, 0.6) is 0 Å². The van der Waals surface area contributed by atoms with Gasteiger partial charge in [0.25, 0.3) is 0 Å². The number of ether oxygens (including phenoxy) is 1. The SMILES string of the molecule is C=C(C)N(CCC[C@H](NC(=O)OC(C)(C)C)C(=O)N1CCN(C)CC1)[C@@H]1C[C@H]1c1ccc(F)cc1. The zero-order valence-electron chi connectivity index (χ0n) is 21.8. The summed E-state index contributed by atoms with van der Waals surface area (Å²) in [4.78, 5) is 32.1. The molecule has 1 saturated heterocycles. The molecule has 1 aromatic carbocycles. The van der Waals surface area contributed by atoms with E-state index >= 15 is 0 Å². The van der Waals surface area contributed by atoms with Crippen LogP contribution in [0, 0.1) is 5.82 Å². The number of likely N-dealkylation sites (N-methyl/N-ethyl adjacent to an activating group) is 1. The van der Waals surface area contributed by atoms with E-state index in [1.54, 1.807) is 0 Å². The third-order valence-electron chi connectivity index (χ3n) is 6.64. The first-order chi connectivity index (χ1) is 16.4. The largest absolute Gasteiger partial charge is 0.444 e. The number of piperazine rings is 1. The van der Waals surface area contributed by atoms with Crippen LogP contribution in [0.3, 0.4) is 0 Å². The normalized spacial score (nSPS) is 21.3. The second-order valence-corrected chi connectivity index (χ2v) is 10.9. The number of hydrogen-bond donors (Lipinski definition) is 1. The molecule has 0 spiro atoms. The fourth-order valence-corrected chi connectivity index (χ4v) is 4.65. The molecule has 1 N–H and O–H groups in total. The Labute approximate surface area is 209 Å². The van der Waals surface area contributed by atoms with Crippen molar-refractivity contribution in [2.24, 2.45) is 0 Å². The van der Waals surface area contributed by atoms with Gasteiger partial charge in [-0.3, -0.25) is 4.79 Å². The van der Waals surface area contributed by atoms with Crippen LogP contribution in [-0.2, 0) is 9.53 Å². The summed E-state index contributed by atoms with van der Waals surface area (Å²) in [6.07, 6.45) is 1.67. The number of hydrogen-bond acceptors (Lipinski definition) is 5. The molecule has 0 radical (unpaired) electrons. The number of amides is 2. The molecule has 1 aromatic rings. The smallest absolute Gasteiger partial charge is 0.408 e. The maximum atomic E-state index is 13.3. The third-order valence-corrected chi connectivity index (χ3v) is 6.64. The molecular weight excluding hydrogens is 447 g/mol. The topological polar surface area (TPSA) is 65.1 Å². The van der Waals surface area contributed by atoms with Gasteiger partial charge in [-0.05, 0) is 71.7 Å². The maximum Gasteiger partial charge on any atom is 0.408 e. The minimum Gasteiger partial charge on any atom is -0.444 e. The summed E-state index contributed by atoms with van der Waals surface area (Å²) in [5.41, 5.74) is 1.47. The van der Waals surface area contributed by atoms with E-state index in [0.29, 0.717) is 31.5 Å². The monoisotopic (exact) mass is 488 g/mol. The zero-order chi connectivity index (χ0) is 25.8. The van der Waals surface area contributed by atoms with Crippen molar-refractivity contribution in [3.8, 4) is 0 Å². The van der Waals surface area contributed by atoms with Crippen molar-refractivity contribution in [1.29, 1.82) is 0 Å². The first-order valence-electron chi connectivity index (χ1n) is 12.6. The molecule has 8 heteroatoms. The molecule has 3 atom stereocenters. The Morgan fingerprint density at radius 3 is 2.40 bits per heavy atom. The number of carbonyl (C=O) groups is 2. The lowest BCUT2D eigenvalue weighted by molar-refractivity contribution is -0.135. The lowest BCUT2D eigenvalue weighted by atomic mass is 10.1. The number of halogens is 1. The minimum atomic E-state index is -0.635. The van der Waals surface area contributed by atoms with Crippen molar-refractivity contribution < 1.29 is 18.7 Å². The Balaban J connectivity index is 1.60. The number of rotatable bonds is 9. The van der Waals surface area contributed by atoms with Gasteiger partial charge in [0.15, 0.2) is 0 Å². The highest BCUT2D eigenvalue weighted by atomic mass is 19.1. The van der Waals surface area contributed by atoms with Crippen molar-refractivity contribution in [1.82, 2.24) is 20.0 Å². The Hall–Kier alpha value is -2.61. The van der Waals surface area contributed by atoms with Crippen molar-refractivity contribution >= 4 is 12.0 Å². The summed E-state index contributed by atoms with van der Waals surface area (Å²) < 4.78 is 18.7. The Morgan fingerprint density at radius 2 is 1.83 bits per heavy atom. The van der Waals surface area contributed by atoms with Gasteiger partial charge < -0.3 is 24.8 Å². The van der Waals surface area contributed by atoms with Gasteiger partial charge in [0.05, 0.1) is 0 Å². The standard InChI is InChI=1S/C27H41FN4O3/c1-19(2)32(24-18-22(24)20-9-11-21(28)12-10-20)13-7-8-23(29-26(34)35-27(3,4)5)25(33)31-16-14-30(6)15-17-31/h9-12,22-24H,1,7-8,13-18H2,2-6H3,(H,29,34)/t22-,23-,24+/m0/s1. The molecule has 0 unspecified atom stereocenters. The van der Waals surface area contributed by atoms with Crippen LogP contribution in [0.4, 0.5) is 9.18 Å². The fraction of sp³-hybridized carbons (Fsp3) is 0.630. The Bertz CT molecular complexity index is 891. The van der Waals surface area contributed by atoms with Crippen LogP contribution in [0.1, 0.15) is 58.4 Å². The molecule has 3 rings (SSSR count). The van der Waals surface area contributed by atoms with Gasteiger partial charge in [0.1, 0.15) is 17.5 Å². The van der Waals surface area contributed by atoms with Gasteiger partial charge in [-0.1, -0.05) is 18.7 Å². The van der Waals surface area contributed by atoms with Crippen LogP contribution in [0.15, 0.2) is 36.5 Å². The van der Waals surface area contributed by atoms with Crippen LogP contribution >= 0.6 is 0 Å². The lowest BCUT2D eigenvalue weighted by Gasteiger charge is -2.35. The summed E-state index contributed by atoms with van der Waals surface area (Å²) in [5.74, 6) is 0.0765. The number of nitrogens with one attached hydrogen (secondary N) is 1. The predicted molar refractivity (Wildman–Crippen MR) is 136 cm³/mol. The summed E-state index contributed by atoms with van der Waals surface area (Å²) in [6, 6.07) is 6.41. The molecule has 1 aliphatic carbocycles. The molecular formula is C27H41FN4O3. The predicted octanol–water partition coefficient (Wildman–Crippen LogP) is 3.96. The summed E-state index contributed by atoms with van der Waals surface area (Å²) in [5, 5.41) is 2.83. The Kier molecular flexibility index (Phi) is 8.80. The van der Waals surface area contributed by atoms with Crippen molar-refractivity contribution in [2.75, 3.05) is 39.8 Å². The quantitative estimate of drug-likeness (QED) is 0.570. The third kappa shape index (κ3) is 7.95. The maximum absolute atomic E-state index is 13.3. The first-order valence-corrected chi connectivity index (χ1v) is 12.6. The van der Waals surface area contributed by atoms with E-state index in [1.165, 1.54) is 12.1 Å². The highest BCUT2D eigenvalue weighted by molar-refractivity contribution is 5.85. The van der Waals surface area contributed by atoms with Crippen LogP contribution in [0.2, 0.25) is 0 Å². The number of benzene rings is 1. The van der Waals surface area contributed by atoms with E-state index in [1.807, 2.05) is 51.8 Å². The van der Waals surface area contributed by atoms with Gasteiger partial charge in [-0.2, -0.15) is 0 Å². The molecule has 2 amide bonds. The summed E-state index contributed by atoms with van der Waals surface area (Å²) in [7, 11) is 2.04. The average Bonchev–Trinajstić information content (AvgIpc) is 3.55. The van der Waals surface area contributed by atoms with Crippen LogP contribution in [0.25, 0.3) is 0 Å². The van der Waals surface area contributed by atoms with Gasteiger partial charge in [-0.25, -0.2) is 9.18 Å². The molecule has 2 aliphatic rings. The van der Waals surface area contributed by atoms with Crippen molar-refractivity contribution in [2.45, 2.75) is 70.6 Å². The Morgan fingerprint density at radius 1 is 1.20 bits per heavy atom. The minimum absolute atomic E-state index is 0.0542. The van der Waals surface area contributed by atoms with Crippen LogP contribution < -0.4 is 5.32 Å². The van der Waals surface area contributed by atoms with Gasteiger partial charge >= 0.3 is 6.09 Å². The molecule has 35 heavy (non-hydrogen) atoms. The second-order valence-electron chi connectivity index (χ2n) is 10.9. The van der Waals surface area contributed by atoms with E-state index < -0.39 is 17.7 Å². The van der Waals surface area contributed by atoms with Crippen LogP contribution in [-0.4, -0.2) is 84.2 Å². The number of alkyl carbamates (subject to hydrolysis) is 1. The van der Waals surface area contributed by atoms with Gasteiger partial charge in [0, 0.05) is 50.4 Å². The number of carbonyl (C=O) groups excluding carboxylic acids is 2. The molecule has 1 aliphatic heterocycles. The molecule has 0 bridgehead atoms. The summed E-state index contributed by atoms with van der Waals surface area (Å²) in [6.45, 7) is 15.3. The second kappa shape index (κ2) is 11.4. The van der Waals surface area contributed by atoms with E-state index in [2.05, 4.69) is 21.7 Å². The molecule has 7 nitrogen and oxygen atoms in total. The van der Waals surface area contributed by atoms with Gasteiger partial charge in [0.2, 0.25) is 5.91 Å². The zero-order valence-corrected chi connectivity index (χ0v) is 21.8. The van der Waals surface area contributed by atoms with Crippen molar-refractivity contribution in [3.63, 3.8) is 0 Å². The summed E-state index contributed by atoms with van der Waals surface area (Å²) >= 11 is 0. The number of nitrogens with zero attached hydrogens (tertiary/aromatic N) is 3. The molecule has 2 fully saturated rings. The fourth-order valence-electron chi connectivity index (χ4n) is 4.65. The molecule has 1 heterocycles. The van der Waals surface area contributed by atoms with Gasteiger partial charge in [-0.15, -0.1) is 0 Å². The van der Waals surface area contributed by atoms with E-state index in [4.69, 9.17) is 4.74 Å². The lowest BCUT2D eigenvalue weighted by Crippen LogP contribution is -2.54.